The molecule has 0 unspecified atom stereocenters. The first kappa shape index (κ1) is 17.0. The number of hydrogen-bond acceptors (Lipinski definition) is 5. The molecule has 0 bridgehead atoms. The van der Waals surface area contributed by atoms with Crippen molar-refractivity contribution in [3.8, 4) is 0 Å². The Hall–Kier alpha value is -1.79. The summed E-state index contributed by atoms with van der Waals surface area (Å²) in [7, 11) is 0. The van der Waals surface area contributed by atoms with Gasteiger partial charge in [-0.2, -0.15) is 0 Å². The molecular formula is C18H24N4OS. The molecule has 0 aliphatic carbocycles. The summed E-state index contributed by atoms with van der Waals surface area (Å²) in [6.07, 6.45) is 3.01. The Morgan fingerprint density at radius 2 is 2.04 bits per heavy atom. The van der Waals surface area contributed by atoms with Crippen molar-refractivity contribution in [3.05, 3.63) is 46.5 Å². The normalized spacial score (nSPS) is 16.2. The van der Waals surface area contributed by atoms with Gasteiger partial charge >= 0.3 is 0 Å². The Labute approximate surface area is 147 Å². The second-order valence-electron chi connectivity index (χ2n) is 6.32. The van der Waals surface area contributed by atoms with Crippen LogP contribution in [0.4, 0.5) is 0 Å². The van der Waals surface area contributed by atoms with Gasteiger partial charge in [0.25, 0.3) is 5.91 Å². The highest BCUT2D eigenvalue weighted by Crippen LogP contribution is 2.19. The van der Waals surface area contributed by atoms with Crippen molar-refractivity contribution in [1.82, 2.24) is 19.8 Å². The fraction of sp³-hybridized carbons (Fsp3) is 0.500. The third-order valence-corrected chi connectivity index (χ3v) is 5.37. The van der Waals surface area contributed by atoms with Crippen molar-refractivity contribution in [1.29, 1.82) is 0 Å². The largest absolute Gasteiger partial charge is 0.351 e. The second kappa shape index (κ2) is 8.35. The van der Waals surface area contributed by atoms with Gasteiger partial charge < -0.3 is 5.32 Å². The number of hydrogen-bond donors (Lipinski definition) is 1. The van der Waals surface area contributed by atoms with E-state index in [1.165, 1.54) is 17.1 Å². The van der Waals surface area contributed by atoms with Crippen LogP contribution in [0, 0.1) is 5.92 Å². The third-order valence-electron chi connectivity index (χ3n) is 4.60. The number of aromatic nitrogens is 2. The van der Waals surface area contributed by atoms with E-state index in [0.717, 1.165) is 51.1 Å². The molecule has 1 aliphatic heterocycles. The van der Waals surface area contributed by atoms with Gasteiger partial charge in [0.15, 0.2) is 0 Å². The second-order valence-corrected chi connectivity index (χ2v) is 7.07. The minimum atomic E-state index is -0.0198. The van der Waals surface area contributed by atoms with Gasteiger partial charge in [0, 0.05) is 13.1 Å². The predicted molar refractivity (Wildman–Crippen MR) is 96.1 cm³/mol. The van der Waals surface area contributed by atoms with Crippen LogP contribution < -0.4 is 5.32 Å². The maximum absolute atomic E-state index is 12.2. The van der Waals surface area contributed by atoms with Gasteiger partial charge in [0.05, 0.1) is 5.69 Å². The Morgan fingerprint density at radius 1 is 1.29 bits per heavy atom. The van der Waals surface area contributed by atoms with Crippen LogP contribution in [0.5, 0.6) is 0 Å². The quantitative estimate of drug-likeness (QED) is 0.875. The zero-order chi connectivity index (χ0) is 16.8. The van der Waals surface area contributed by atoms with E-state index in [0.29, 0.717) is 10.8 Å². The van der Waals surface area contributed by atoms with Crippen LogP contribution in [-0.4, -0.2) is 40.0 Å². The standard InChI is InChI=1S/C18H24N4OS/c1-2-16-17(24-21-20-16)18(23)19-12-14-8-10-22(11-9-14)13-15-6-4-3-5-7-15/h3-7,14H,2,8-13H2,1H3,(H,19,23). The van der Waals surface area contributed by atoms with E-state index < -0.39 is 0 Å². The molecule has 0 radical (unpaired) electrons. The van der Waals surface area contributed by atoms with Crippen molar-refractivity contribution in [2.45, 2.75) is 32.7 Å². The van der Waals surface area contributed by atoms with E-state index in [1.807, 2.05) is 6.92 Å². The number of nitrogens with zero attached hydrogens (tertiary/aromatic N) is 3. The number of amides is 1. The summed E-state index contributed by atoms with van der Waals surface area (Å²) in [5, 5.41) is 7.07. The molecule has 3 rings (SSSR count). The number of piperidine rings is 1. The fourth-order valence-electron chi connectivity index (χ4n) is 3.12. The fourth-order valence-corrected chi connectivity index (χ4v) is 3.79. The molecule has 1 aromatic carbocycles. The van der Waals surface area contributed by atoms with Gasteiger partial charge in [-0.3, -0.25) is 9.69 Å². The lowest BCUT2D eigenvalue weighted by Crippen LogP contribution is -2.38. The maximum atomic E-state index is 12.2. The molecule has 6 heteroatoms. The molecule has 0 atom stereocenters. The Kier molecular flexibility index (Phi) is 5.93. The van der Waals surface area contributed by atoms with E-state index in [1.54, 1.807) is 0 Å². The van der Waals surface area contributed by atoms with Gasteiger partial charge in [0.2, 0.25) is 0 Å². The molecule has 5 nitrogen and oxygen atoms in total. The van der Waals surface area contributed by atoms with Gasteiger partial charge in [-0.05, 0) is 55.4 Å². The van der Waals surface area contributed by atoms with E-state index >= 15 is 0 Å². The molecule has 1 saturated heterocycles. The van der Waals surface area contributed by atoms with Crippen LogP contribution in [0.25, 0.3) is 0 Å². The Balaban J connectivity index is 1.42. The van der Waals surface area contributed by atoms with Crippen LogP contribution in [0.1, 0.15) is 40.7 Å². The summed E-state index contributed by atoms with van der Waals surface area (Å²) in [6.45, 7) is 5.96. The first-order chi connectivity index (χ1) is 11.8. The number of rotatable bonds is 6. The monoisotopic (exact) mass is 344 g/mol. The lowest BCUT2D eigenvalue weighted by Gasteiger charge is -2.32. The smallest absolute Gasteiger partial charge is 0.264 e. The molecule has 0 saturated carbocycles. The Bertz CT molecular complexity index is 650. The lowest BCUT2D eigenvalue weighted by atomic mass is 9.96. The van der Waals surface area contributed by atoms with Crippen molar-refractivity contribution in [3.63, 3.8) is 0 Å². The Morgan fingerprint density at radius 3 is 2.75 bits per heavy atom. The lowest BCUT2D eigenvalue weighted by molar-refractivity contribution is 0.0938. The van der Waals surface area contributed by atoms with Gasteiger partial charge in [0.1, 0.15) is 4.88 Å². The molecule has 1 aromatic heterocycles. The molecule has 0 spiro atoms. The summed E-state index contributed by atoms with van der Waals surface area (Å²) < 4.78 is 3.88. The van der Waals surface area contributed by atoms with Gasteiger partial charge in [-0.15, -0.1) is 5.10 Å². The summed E-state index contributed by atoms with van der Waals surface area (Å²) in [6, 6.07) is 10.6. The maximum Gasteiger partial charge on any atom is 0.264 e. The SMILES string of the molecule is CCc1nnsc1C(=O)NCC1CCN(Cc2ccccc2)CC1. The van der Waals surface area contributed by atoms with Crippen LogP contribution >= 0.6 is 11.5 Å². The zero-order valence-corrected chi connectivity index (χ0v) is 14.9. The van der Waals surface area contributed by atoms with E-state index in [4.69, 9.17) is 0 Å². The number of aryl methyl sites for hydroxylation is 1. The highest BCUT2D eigenvalue weighted by molar-refractivity contribution is 7.08. The number of likely N-dealkylation sites (tertiary alicyclic amines) is 1. The molecule has 24 heavy (non-hydrogen) atoms. The topological polar surface area (TPSA) is 58.1 Å². The van der Waals surface area contributed by atoms with Crippen LogP contribution in [0.15, 0.2) is 30.3 Å². The van der Waals surface area contributed by atoms with E-state index in [2.05, 4.69) is 50.1 Å². The highest BCUT2D eigenvalue weighted by Gasteiger charge is 2.21. The van der Waals surface area contributed by atoms with Crippen LogP contribution in [0.3, 0.4) is 0 Å². The number of benzene rings is 1. The number of nitrogens with one attached hydrogen (secondary N) is 1. The van der Waals surface area contributed by atoms with Crippen molar-refractivity contribution < 1.29 is 4.79 Å². The summed E-state index contributed by atoms with van der Waals surface area (Å²) in [4.78, 5) is 15.4. The molecule has 1 N–H and O–H groups in total. The minimum Gasteiger partial charge on any atom is -0.351 e. The van der Waals surface area contributed by atoms with Gasteiger partial charge in [-0.25, -0.2) is 0 Å². The van der Waals surface area contributed by atoms with E-state index in [9.17, 15) is 4.79 Å². The van der Waals surface area contributed by atoms with Crippen molar-refractivity contribution in [2.75, 3.05) is 19.6 Å². The van der Waals surface area contributed by atoms with Crippen LogP contribution in [-0.2, 0) is 13.0 Å². The molecule has 1 fully saturated rings. The van der Waals surface area contributed by atoms with Gasteiger partial charge in [-0.1, -0.05) is 41.7 Å². The number of carbonyl (C=O) groups is 1. The molecule has 2 heterocycles. The average molecular weight is 344 g/mol. The van der Waals surface area contributed by atoms with Crippen molar-refractivity contribution in [2.24, 2.45) is 5.92 Å². The summed E-state index contributed by atoms with van der Waals surface area (Å²) >= 11 is 1.19. The zero-order valence-electron chi connectivity index (χ0n) is 14.1. The first-order valence-electron chi connectivity index (χ1n) is 8.62. The molecule has 1 aliphatic rings. The average Bonchev–Trinajstić information content (AvgIpc) is 3.10. The first-order valence-corrected chi connectivity index (χ1v) is 9.39. The number of carbonyl (C=O) groups excluding carboxylic acids is 1. The molecule has 2 aromatic rings. The molecular weight excluding hydrogens is 320 g/mol. The van der Waals surface area contributed by atoms with Crippen molar-refractivity contribution >= 4 is 17.4 Å². The minimum absolute atomic E-state index is 0.0198. The molecule has 128 valence electrons. The summed E-state index contributed by atoms with van der Waals surface area (Å²) in [5.74, 6) is 0.542. The predicted octanol–water partition coefficient (Wildman–Crippen LogP) is 2.74. The van der Waals surface area contributed by atoms with Crippen LogP contribution in [0.2, 0.25) is 0 Å². The highest BCUT2D eigenvalue weighted by atomic mass is 32.1. The summed E-state index contributed by atoms with van der Waals surface area (Å²) in [5.41, 5.74) is 2.17. The third kappa shape index (κ3) is 4.39. The molecule has 1 amide bonds. The van der Waals surface area contributed by atoms with E-state index in [-0.39, 0.29) is 5.91 Å².